The van der Waals surface area contributed by atoms with Gasteiger partial charge in [0, 0.05) is 6.07 Å². The fourth-order valence-electron chi connectivity index (χ4n) is 1.58. The number of nitrogens with zero attached hydrogens (tertiary/aromatic N) is 2. The van der Waals surface area contributed by atoms with Crippen molar-refractivity contribution in [2.24, 2.45) is 0 Å². The third kappa shape index (κ3) is 2.30. The maximum absolute atomic E-state index is 11.6. The summed E-state index contributed by atoms with van der Waals surface area (Å²) < 4.78 is 9.92. The van der Waals surface area contributed by atoms with E-state index in [0.29, 0.717) is 0 Å². The molecule has 0 unspecified atom stereocenters. The molecule has 2 rings (SSSR count). The molecule has 0 N–H and O–H groups in total. The maximum Gasteiger partial charge on any atom is 0.345 e. The third-order valence-corrected chi connectivity index (χ3v) is 2.54. The van der Waals surface area contributed by atoms with Crippen molar-refractivity contribution in [3.05, 3.63) is 50.4 Å². The second-order valence-electron chi connectivity index (χ2n) is 3.72. The van der Waals surface area contributed by atoms with Crippen molar-refractivity contribution in [3.8, 4) is 17.3 Å². The zero-order valence-electron chi connectivity index (χ0n) is 10.2. The van der Waals surface area contributed by atoms with Gasteiger partial charge in [0.25, 0.3) is 5.69 Å². The van der Waals surface area contributed by atoms with Gasteiger partial charge >= 0.3 is 5.63 Å². The predicted octanol–water partition coefficient (Wildman–Crippen LogP) is 1.93. The summed E-state index contributed by atoms with van der Waals surface area (Å²) in [5.41, 5.74) is -0.489. The topological polar surface area (TPSA) is 95.5 Å². The molecule has 0 atom stereocenters. The summed E-state index contributed by atoms with van der Waals surface area (Å²) in [6.07, 6.45) is 0. The highest BCUT2D eigenvalue weighted by molar-refractivity contribution is 5.66. The summed E-state index contributed by atoms with van der Waals surface area (Å²) >= 11 is 0. The SMILES string of the molecule is COc1nc(-c2ccccc2[N+](=O)[O-])oc(=O)c1C. The number of rotatable bonds is 3. The van der Waals surface area contributed by atoms with Gasteiger partial charge in [-0.1, -0.05) is 12.1 Å². The number of ether oxygens (including phenoxy) is 1. The van der Waals surface area contributed by atoms with E-state index >= 15 is 0 Å². The Hall–Kier alpha value is -2.70. The summed E-state index contributed by atoms with van der Waals surface area (Å²) in [6.45, 7) is 1.50. The number of para-hydroxylation sites is 1. The molecule has 19 heavy (non-hydrogen) atoms. The number of methoxy groups -OCH3 is 1. The normalized spacial score (nSPS) is 10.2. The highest BCUT2D eigenvalue weighted by Crippen LogP contribution is 2.28. The van der Waals surface area contributed by atoms with Crippen LogP contribution >= 0.6 is 0 Å². The largest absolute Gasteiger partial charge is 0.481 e. The molecule has 1 heterocycles. The first-order valence-electron chi connectivity index (χ1n) is 5.34. The minimum atomic E-state index is -0.639. The Bertz CT molecular complexity index is 693. The molecule has 0 radical (unpaired) electrons. The van der Waals surface area contributed by atoms with Gasteiger partial charge in [-0.15, -0.1) is 0 Å². The van der Waals surface area contributed by atoms with Gasteiger partial charge in [-0.2, -0.15) is 4.98 Å². The van der Waals surface area contributed by atoms with Crippen LogP contribution in [0.1, 0.15) is 5.56 Å². The highest BCUT2D eigenvalue weighted by atomic mass is 16.6. The van der Waals surface area contributed by atoms with Gasteiger partial charge in [-0.25, -0.2) is 4.79 Å². The van der Waals surface area contributed by atoms with Gasteiger partial charge in [-0.05, 0) is 13.0 Å². The van der Waals surface area contributed by atoms with Crippen LogP contribution in [0, 0.1) is 17.0 Å². The second-order valence-corrected chi connectivity index (χ2v) is 3.72. The fourth-order valence-corrected chi connectivity index (χ4v) is 1.58. The van der Waals surface area contributed by atoms with Crippen LogP contribution in [0.5, 0.6) is 5.88 Å². The molecule has 1 aromatic carbocycles. The summed E-state index contributed by atoms with van der Waals surface area (Å²) in [7, 11) is 1.36. The fraction of sp³-hybridized carbons (Fsp3) is 0.167. The highest BCUT2D eigenvalue weighted by Gasteiger charge is 2.20. The van der Waals surface area contributed by atoms with E-state index < -0.39 is 10.5 Å². The number of hydrogen-bond acceptors (Lipinski definition) is 6. The predicted molar refractivity (Wildman–Crippen MR) is 66.2 cm³/mol. The molecule has 0 saturated heterocycles. The first-order valence-corrected chi connectivity index (χ1v) is 5.34. The van der Waals surface area contributed by atoms with Crippen LogP contribution in [0.25, 0.3) is 11.5 Å². The lowest BCUT2D eigenvalue weighted by Crippen LogP contribution is -2.09. The molecule has 0 saturated carbocycles. The Balaban J connectivity index is 2.70. The van der Waals surface area contributed by atoms with E-state index in [4.69, 9.17) is 9.15 Å². The Morgan fingerprint density at radius 3 is 2.68 bits per heavy atom. The molecule has 7 nitrogen and oxygen atoms in total. The minimum absolute atomic E-state index is 0.0874. The zero-order valence-corrected chi connectivity index (χ0v) is 10.2. The average molecular weight is 262 g/mol. The molecular weight excluding hydrogens is 252 g/mol. The van der Waals surface area contributed by atoms with Gasteiger partial charge < -0.3 is 9.15 Å². The molecule has 0 amide bonds. The molecule has 0 aliphatic carbocycles. The average Bonchev–Trinajstić information content (AvgIpc) is 2.41. The second kappa shape index (κ2) is 4.89. The number of hydrogen-bond donors (Lipinski definition) is 0. The van der Waals surface area contributed by atoms with Gasteiger partial charge in [0.05, 0.1) is 17.6 Å². The van der Waals surface area contributed by atoms with Crippen LogP contribution in [-0.4, -0.2) is 17.0 Å². The Kier molecular flexibility index (Phi) is 3.28. The van der Waals surface area contributed by atoms with Crippen molar-refractivity contribution in [1.82, 2.24) is 4.98 Å². The monoisotopic (exact) mass is 262 g/mol. The van der Waals surface area contributed by atoms with Crippen LogP contribution in [0.4, 0.5) is 5.69 Å². The Morgan fingerprint density at radius 2 is 2.05 bits per heavy atom. The smallest absolute Gasteiger partial charge is 0.345 e. The van der Waals surface area contributed by atoms with E-state index in [1.165, 1.54) is 32.2 Å². The zero-order chi connectivity index (χ0) is 14.0. The molecule has 0 spiro atoms. The molecule has 1 aromatic heterocycles. The minimum Gasteiger partial charge on any atom is -0.481 e. The van der Waals surface area contributed by atoms with Gasteiger partial charge in [0.15, 0.2) is 0 Å². The van der Waals surface area contributed by atoms with Crippen molar-refractivity contribution in [2.45, 2.75) is 6.92 Å². The molecule has 98 valence electrons. The van der Waals surface area contributed by atoms with E-state index in [1.807, 2.05) is 0 Å². The van der Waals surface area contributed by atoms with Crippen molar-refractivity contribution in [3.63, 3.8) is 0 Å². The molecule has 0 bridgehead atoms. The van der Waals surface area contributed by atoms with E-state index in [0.717, 1.165) is 0 Å². The summed E-state index contributed by atoms with van der Waals surface area (Å²) in [6, 6.07) is 5.88. The Morgan fingerprint density at radius 1 is 1.37 bits per heavy atom. The van der Waals surface area contributed by atoms with Crippen LogP contribution in [-0.2, 0) is 0 Å². The van der Waals surface area contributed by atoms with Crippen molar-refractivity contribution in [1.29, 1.82) is 0 Å². The Labute approximate surface area is 107 Å². The maximum atomic E-state index is 11.6. The summed E-state index contributed by atoms with van der Waals surface area (Å²) in [5.74, 6) is -0.0517. The van der Waals surface area contributed by atoms with Crippen molar-refractivity contribution < 1.29 is 14.1 Å². The molecular formula is C12H10N2O5. The van der Waals surface area contributed by atoms with Gasteiger partial charge in [-0.3, -0.25) is 10.1 Å². The van der Waals surface area contributed by atoms with Crippen LogP contribution in [0.3, 0.4) is 0 Å². The number of nitro benzene ring substituents is 1. The summed E-state index contributed by atoms with van der Waals surface area (Å²) in [4.78, 5) is 26.0. The van der Waals surface area contributed by atoms with Gasteiger partial charge in [0.1, 0.15) is 5.56 Å². The lowest BCUT2D eigenvalue weighted by atomic mass is 10.2. The number of aromatic nitrogens is 1. The third-order valence-electron chi connectivity index (χ3n) is 2.54. The lowest BCUT2D eigenvalue weighted by Gasteiger charge is -2.05. The molecule has 2 aromatic rings. The van der Waals surface area contributed by atoms with Crippen LogP contribution < -0.4 is 10.4 Å². The first kappa shape index (κ1) is 12.7. The molecule has 0 fully saturated rings. The lowest BCUT2D eigenvalue weighted by molar-refractivity contribution is -0.384. The first-order chi connectivity index (χ1) is 9.04. The van der Waals surface area contributed by atoms with E-state index in [1.54, 1.807) is 6.07 Å². The molecule has 0 aliphatic heterocycles. The van der Waals surface area contributed by atoms with Crippen LogP contribution in [0.15, 0.2) is 33.5 Å². The van der Waals surface area contributed by atoms with Crippen molar-refractivity contribution in [2.75, 3.05) is 7.11 Å². The molecule has 7 heteroatoms. The summed E-state index contributed by atoms with van der Waals surface area (Å²) in [5, 5.41) is 10.9. The number of nitro groups is 1. The van der Waals surface area contributed by atoms with Crippen molar-refractivity contribution >= 4 is 5.69 Å². The van der Waals surface area contributed by atoms with E-state index in [9.17, 15) is 14.9 Å². The molecule has 0 aliphatic rings. The van der Waals surface area contributed by atoms with Gasteiger partial charge in [0.2, 0.25) is 11.8 Å². The van der Waals surface area contributed by atoms with Crippen LogP contribution in [0.2, 0.25) is 0 Å². The quantitative estimate of drug-likeness (QED) is 0.619. The standard InChI is InChI=1S/C12H10N2O5/c1-7-10(18-2)13-11(19-12(7)15)8-5-3-4-6-9(8)14(16)17/h3-6H,1-2H3. The van der Waals surface area contributed by atoms with E-state index in [2.05, 4.69) is 4.98 Å². The van der Waals surface area contributed by atoms with E-state index in [-0.39, 0.29) is 28.6 Å². The number of benzene rings is 1.